The molecular formula is C21H24O2. The molecule has 120 valence electrons. The Hall–Kier alpha value is -2.09. The SMILES string of the molecule is CCCCCCCC(=O)C(Oc1cc2cc-2c1)c1ccccc1. The smallest absolute Gasteiger partial charge is 0.182 e. The van der Waals surface area contributed by atoms with Crippen LogP contribution in [0.25, 0.3) is 11.1 Å². The van der Waals surface area contributed by atoms with Gasteiger partial charge in [0.25, 0.3) is 0 Å². The van der Waals surface area contributed by atoms with E-state index in [-0.39, 0.29) is 5.78 Å². The number of unbranched alkanes of at least 4 members (excludes halogenated alkanes) is 4. The van der Waals surface area contributed by atoms with Gasteiger partial charge in [-0.15, -0.1) is 0 Å². The standard InChI is InChI=1S/C21H24O2/c1-2-3-4-5-9-12-20(22)21(16-10-7-6-8-11-16)23-19-14-17-13-18(17)15-19/h6-8,10-11,13-15,21H,2-5,9,12H2,1H3. The number of carbonyl (C=O) groups is 1. The summed E-state index contributed by atoms with van der Waals surface area (Å²) in [5.41, 5.74) is 3.41. The lowest BCUT2D eigenvalue weighted by atomic mass is 10.0. The lowest BCUT2D eigenvalue weighted by Gasteiger charge is -2.18. The highest BCUT2D eigenvalue weighted by Crippen LogP contribution is 2.41. The van der Waals surface area contributed by atoms with E-state index in [1.54, 1.807) is 0 Å². The molecule has 0 bridgehead atoms. The molecule has 2 aliphatic carbocycles. The highest BCUT2D eigenvalue weighted by molar-refractivity contribution is 5.86. The van der Waals surface area contributed by atoms with Crippen LogP contribution < -0.4 is 4.74 Å². The predicted octanol–water partition coefficient (Wildman–Crippen LogP) is 5.72. The molecule has 0 saturated carbocycles. The van der Waals surface area contributed by atoms with Gasteiger partial charge in [0.15, 0.2) is 11.9 Å². The lowest BCUT2D eigenvalue weighted by Crippen LogP contribution is -2.18. The van der Waals surface area contributed by atoms with E-state index in [0.717, 1.165) is 24.2 Å². The third-order valence-electron chi connectivity index (χ3n) is 4.33. The number of fused-ring (bicyclic) bond motifs is 1. The summed E-state index contributed by atoms with van der Waals surface area (Å²) in [6.07, 6.45) is 5.88. The molecule has 23 heavy (non-hydrogen) atoms. The number of ketones is 1. The molecule has 0 aromatic heterocycles. The van der Waals surface area contributed by atoms with Gasteiger partial charge in [-0.2, -0.15) is 0 Å². The van der Waals surface area contributed by atoms with Crippen molar-refractivity contribution < 1.29 is 9.53 Å². The number of hydrogen-bond acceptors (Lipinski definition) is 2. The molecule has 0 aliphatic heterocycles. The van der Waals surface area contributed by atoms with E-state index in [0.29, 0.717) is 6.42 Å². The molecule has 3 rings (SSSR count). The molecule has 0 heterocycles. The molecule has 2 aliphatic rings. The van der Waals surface area contributed by atoms with E-state index in [2.05, 4.69) is 13.0 Å². The van der Waals surface area contributed by atoms with Crippen molar-refractivity contribution in [3.05, 3.63) is 54.1 Å². The fourth-order valence-corrected chi connectivity index (χ4v) is 2.92. The van der Waals surface area contributed by atoms with E-state index in [9.17, 15) is 4.79 Å². The van der Waals surface area contributed by atoms with Crippen LogP contribution in [0.2, 0.25) is 0 Å². The van der Waals surface area contributed by atoms with E-state index in [1.165, 1.54) is 30.4 Å². The summed E-state index contributed by atoms with van der Waals surface area (Å²) in [4.78, 5) is 12.7. The number of rotatable bonds is 10. The Bertz CT molecular complexity index is 641. The second-order valence-electron chi connectivity index (χ2n) is 6.29. The first-order valence-corrected chi connectivity index (χ1v) is 8.67. The van der Waals surface area contributed by atoms with E-state index >= 15 is 0 Å². The van der Waals surface area contributed by atoms with Gasteiger partial charge >= 0.3 is 0 Å². The minimum absolute atomic E-state index is 0.182. The van der Waals surface area contributed by atoms with Gasteiger partial charge in [-0.25, -0.2) is 0 Å². The number of benzene rings is 2. The number of Topliss-reactive ketones (excluding diaryl/α,β-unsaturated/α-hetero) is 1. The Kier molecular flexibility index (Phi) is 5.12. The van der Waals surface area contributed by atoms with Crippen molar-refractivity contribution in [2.45, 2.75) is 51.6 Å². The summed E-state index contributed by atoms with van der Waals surface area (Å²) in [5, 5.41) is 0. The first-order valence-electron chi connectivity index (χ1n) is 8.67. The molecule has 1 aromatic carbocycles. The fraction of sp³-hybridized carbons (Fsp3) is 0.381. The zero-order valence-corrected chi connectivity index (χ0v) is 13.8. The van der Waals surface area contributed by atoms with Gasteiger partial charge in [0.2, 0.25) is 0 Å². The topological polar surface area (TPSA) is 26.3 Å². The average Bonchev–Trinajstić information content (AvgIpc) is 3.19. The quantitative estimate of drug-likeness (QED) is 0.448. The van der Waals surface area contributed by atoms with Gasteiger partial charge in [-0.05, 0) is 41.3 Å². The van der Waals surface area contributed by atoms with Crippen molar-refractivity contribution in [2.24, 2.45) is 0 Å². The third kappa shape index (κ3) is 4.22. The number of ether oxygens (including phenoxy) is 1. The van der Waals surface area contributed by atoms with Crippen LogP contribution in [0.4, 0.5) is 0 Å². The van der Waals surface area contributed by atoms with Gasteiger partial charge in [0, 0.05) is 6.42 Å². The maximum atomic E-state index is 12.7. The molecule has 0 radical (unpaired) electrons. The summed E-state index contributed by atoms with van der Waals surface area (Å²) in [6, 6.07) is 16.0. The van der Waals surface area contributed by atoms with Crippen molar-refractivity contribution in [3.8, 4) is 16.9 Å². The Labute approximate surface area is 138 Å². The van der Waals surface area contributed by atoms with Crippen LogP contribution in [0.1, 0.15) is 57.1 Å². The van der Waals surface area contributed by atoms with Gasteiger partial charge in [-0.1, -0.05) is 62.9 Å². The van der Waals surface area contributed by atoms with Crippen molar-refractivity contribution in [2.75, 3.05) is 0 Å². The molecule has 1 aromatic rings. The number of hydrogen-bond donors (Lipinski definition) is 0. The molecule has 0 fully saturated rings. The van der Waals surface area contributed by atoms with Crippen LogP contribution in [-0.4, -0.2) is 5.78 Å². The van der Waals surface area contributed by atoms with Gasteiger partial charge < -0.3 is 4.74 Å². The minimum Gasteiger partial charge on any atom is -0.478 e. The molecule has 2 heteroatoms. The first kappa shape index (κ1) is 15.8. The predicted molar refractivity (Wildman–Crippen MR) is 93.6 cm³/mol. The monoisotopic (exact) mass is 308 g/mol. The van der Waals surface area contributed by atoms with E-state index < -0.39 is 6.10 Å². The van der Waals surface area contributed by atoms with Crippen LogP contribution in [0, 0.1) is 0 Å². The average molecular weight is 308 g/mol. The van der Waals surface area contributed by atoms with Gasteiger partial charge in [-0.3, -0.25) is 4.79 Å². The molecule has 1 unspecified atom stereocenters. The normalized spacial score (nSPS) is 12.7. The summed E-state index contributed by atoms with van der Waals surface area (Å²) in [6.45, 7) is 2.20. The molecule has 0 spiro atoms. The van der Waals surface area contributed by atoms with E-state index in [4.69, 9.17) is 4.74 Å². The number of carbonyl (C=O) groups excluding carboxylic acids is 1. The van der Waals surface area contributed by atoms with Crippen LogP contribution in [-0.2, 0) is 4.79 Å². The largest absolute Gasteiger partial charge is 0.478 e. The lowest BCUT2D eigenvalue weighted by molar-refractivity contribution is -0.126. The minimum atomic E-state index is -0.483. The van der Waals surface area contributed by atoms with Gasteiger partial charge in [0.05, 0.1) is 0 Å². The van der Waals surface area contributed by atoms with E-state index in [1.807, 2.05) is 42.5 Å². The van der Waals surface area contributed by atoms with Crippen molar-refractivity contribution in [1.29, 1.82) is 0 Å². The zero-order chi connectivity index (χ0) is 16.1. The highest BCUT2D eigenvalue weighted by atomic mass is 16.5. The molecule has 0 amide bonds. The van der Waals surface area contributed by atoms with Crippen molar-refractivity contribution in [1.82, 2.24) is 0 Å². The fourth-order valence-electron chi connectivity index (χ4n) is 2.92. The Morgan fingerprint density at radius 1 is 0.957 bits per heavy atom. The molecule has 2 nitrogen and oxygen atoms in total. The van der Waals surface area contributed by atoms with Crippen molar-refractivity contribution in [3.63, 3.8) is 0 Å². The van der Waals surface area contributed by atoms with Crippen LogP contribution in [0.15, 0.2) is 48.5 Å². The third-order valence-corrected chi connectivity index (χ3v) is 4.33. The Balaban J connectivity index is 1.62. The van der Waals surface area contributed by atoms with Crippen LogP contribution >= 0.6 is 0 Å². The van der Waals surface area contributed by atoms with Crippen molar-refractivity contribution >= 4 is 5.78 Å². The highest BCUT2D eigenvalue weighted by Gasteiger charge is 2.24. The summed E-state index contributed by atoms with van der Waals surface area (Å²) < 4.78 is 6.03. The maximum Gasteiger partial charge on any atom is 0.182 e. The second kappa shape index (κ2) is 7.45. The Morgan fingerprint density at radius 3 is 2.35 bits per heavy atom. The zero-order valence-electron chi connectivity index (χ0n) is 13.8. The second-order valence-corrected chi connectivity index (χ2v) is 6.29. The summed E-state index contributed by atoms with van der Waals surface area (Å²) in [5.74, 6) is 0.993. The molecule has 1 atom stereocenters. The molecule has 0 N–H and O–H groups in total. The summed E-state index contributed by atoms with van der Waals surface area (Å²) in [7, 11) is 0. The van der Waals surface area contributed by atoms with Crippen LogP contribution in [0.5, 0.6) is 5.75 Å². The summed E-state index contributed by atoms with van der Waals surface area (Å²) >= 11 is 0. The molecule has 0 saturated heterocycles. The molecular weight excluding hydrogens is 284 g/mol. The van der Waals surface area contributed by atoms with Crippen LogP contribution in [0.3, 0.4) is 0 Å². The Morgan fingerprint density at radius 2 is 1.65 bits per heavy atom. The van der Waals surface area contributed by atoms with Gasteiger partial charge in [0.1, 0.15) is 5.75 Å². The first-order chi connectivity index (χ1) is 11.3. The maximum absolute atomic E-state index is 12.7.